The lowest BCUT2D eigenvalue weighted by atomic mass is 9.68. The van der Waals surface area contributed by atoms with Crippen molar-refractivity contribution in [3.8, 4) is 0 Å². The fraction of sp³-hybridized carbons (Fsp3) is 0.647. The third-order valence-electron chi connectivity index (χ3n) is 4.44. The second kappa shape index (κ2) is 5.32. The van der Waals surface area contributed by atoms with Gasteiger partial charge in [-0.25, -0.2) is 4.79 Å². The second-order valence-corrected chi connectivity index (χ2v) is 7.00. The summed E-state index contributed by atoms with van der Waals surface area (Å²) >= 11 is 0. The Morgan fingerprint density at radius 1 is 1.33 bits per heavy atom. The molecule has 0 spiro atoms. The number of fused-ring (bicyclic) bond motifs is 2. The van der Waals surface area contributed by atoms with Crippen LogP contribution in [0.1, 0.15) is 46.5 Å². The monoisotopic (exact) mass is 291 g/mol. The van der Waals surface area contributed by atoms with Crippen molar-refractivity contribution < 1.29 is 14.3 Å². The van der Waals surface area contributed by atoms with Crippen LogP contribution >= 0.6 is 0 Å². The fourth-order valence-electron chi connectivity index (χ4n) is 3.75. The Bertz CT molecular complexity index is 465. The number of ether oxygens (including phenoxy) is 1. The van der Waals surface area contributed by atoms with Crippen LogP contribution in [0, 0.1) is 5.41 Å². The van der Waals surface area contributed by atoms with Crippen molar-refractivity contribution >= 4 is 11.9 Å². The Balaban J connectivity index is 2.31. The SMILES string of the molecule is C=CCC1(CC=C)C(=O)C2CCC1N2C(=O)OC(C)(C)C. The zero-order chi connectivity index (χ0) is 15.8. The van der Waals surface area contributed by atoms with E-state index in [1.807, 2.05) is 20.8 Å². The Kier molecular flexibility index (Phi) is 4.00. The summed E-state index contributed by atoms with van der Waals surface area (Å²) in [6.45, 7) is 13.1. The van der Waals surface area contributed by atoms with Crippen molar-refractivity contribution in [3.63, 3.8) is 0 Å². The quantitative estimate of drug-likeness (QED) is 0.745. The van der Waals surface area contributed by atoms with Crippen molar-refractivity contribution in [3.05, 3.63) is 25.3 Å². The van der Waals surface area contributed by atoms with Gasteiger partial charge in [0.25, 0.3) is 0 Å². The predicted molar refractivity (Wildman–Crippen MR) is 82.0 cm³/mol. The average Bonchev–Trinajstić information content (AvgIpc) is 2.87. The third-order valence-corrected chi connectivity index (χ3v) is 4.44. The Morgan fingerprint density at radius 2 is 1.90 bits per heavy atom. The zero-order valence-electron chi connectivity index (χ0n) is 13.2. The molecule has 2 heterocycles. The van der Waals surface area contributed by atoms with Crippen LogP contribution in [-0.2, 0) is 9.53 Å². The van der Waals surface area contributed by atoms with E-state index in [-0.39, 0.29) is 24.0 Å². The maximum Gasteiger partial charge on any atom is 0.411 e. The summed E-state index contributed by atoms with van der Waals surface area (Å²) in [5, 5.41) is 0. The lowest BCUT2D eigenvalue weighted by Crippen LogP contribution is -2.43. The molecule has 0 aromatic rings. The van der Waals surface area contributed by atoms with Gasteiger partial charge in [0, 0.05) is 6.04 Å². The van der Waals surface area contributed by atoms with Crippen molar-refractivity contribution in [2.45, 2.75) is 64.1 Å². The largest absolute Gasteiger partial charge is 0.444 e. The highest BCUT2D eigenvalue weighted by Gasteiger charge is 2.63. The molecular weight excluding hydrogens is 266 g/mol. The number of carbonyl (C=O) groups excluding carboxylic acids is 2. The van der Waals surface area contributed by atoms with Crippen LogP contribution < -0.4 is 0 Å². The highest BCUT2D eigenvalue weighted by Crippen LogP contribution is 2.51. The van der Waals surface area contributed by atoms with Gasteiger partial charge in [-0.15, -0.1) is 13.2 Å². The molecule has 2 saturated heterocycles. The molecule has 21 heavy (non-hydrogen) atoms. The van der Waals surface area contributed by atoms with E-state index < -0.39 is 11.0 Å². The summed E-state index contributed by atoms with van der Waals surface area (Å²) < 4.78 is 5.48. The van der Waals surface area contributed by atoms with Gasteiger partial charge in [-0.3, -0.25) is 9.69 Å². The zero-order valence-corrected chi connectivity index (χ0v) is 13.2. The highest BCUT2D eigenvalue weighted by atomic mass is 16.6. The number of rotatable bonds is 4. The van der Waals surface area contributed by atoms with Crippen molar-refractivity contribution in [1.82, 2.24) is 4.90 Å². The number of Topliss-reactive ketones (excluding diaryl/α,β-unsaturated/α-hetero) is 1. The van der Waals surface area contributed by atoms with Crippen molar-refractivity contribution in [1.29, 1.82) is 0 Å². The van der Waals surface area contributed by atoms with Gasteiger partial charge in [0.05, 0.1) is 11.5 Å². The number of nitrogens with zero attached hydrogens (tertiary/aromatic N) is 1. The van der Waals surface area contributed by atoms with Gasteiger partial charge in [-0.05, 0) is 46.5 Å². The molecule has 2 aliphatic heterocycles. The Hall–Kier alpha value is -1.58. The maximum absolute atomic E-state index is 12.8. The number of allylic oxidation sites excluding steroid dienone is 2. The molecular formula is C17H25NO3. The molecule has 4 heteroatoms. The molecule has 2 atom stereocenters. The molecule has 4 nitrogen and oxygen atoms in total. The van der Waals surface area contributed by atoms with Gasteiger partial charge in [0.2, 0.25) is 0 Å². The first-order chi connectivity index (χ1) is 9.77. The molecule has 0 radical (unpaired) electrons. The lowest BCUT2D eigenvalue weighted by Gasteiger charge is -2.34. The summed E-state index contributed by atoms with van der Waals surface area (Å²) in [5.74, 6) is 0.143. The number of carbonyl (C=O) groups is 2. The van der Waals surface area contributed by atoms with Gasteiger partial charge < -0.3 is 4.74 Å². The first-order valence-corrected chi connectivity index (χ1v) is 7.54. The lowest BCUT2D eigenvalue weighted by molar-refractivity contribution is -0.128. The van der Waals surface area contributed by atoms with Gasteiger partial charge >= 0.3 is 6.09 Å². The maximum atomic E-state index is 12.8. The van der Waals surface area contributed by atoms with E-state index >= 15 is 0 Å². The van der Waals surface area contributed by atoms with E-state index in [0.717, 1.165) is 12.8 Å². The topological polar surface area (TPSA) is 46.6 Å². The summed E-state index contributed by atoms with van der Waals surface area (Å²) in [7, 11) is 0. The second-order valence-electron chi connectivity index (χ2n) is 7.00. The normalized spacial score (nSPS) is 26.8. The van der Waals surface area contributed by atoms with Crippen LogP contribution in [-0.4, -0.2) is 34.5 Å². The average molecular weight is 291 g/mol. The number of hydrogen-bond donors (Lipinski definition) is 0. The predicted octanol–water partition coefficient (Wildman–Crippen LogP) is 3.48. The van der Waals surface area contributed by atoms with E-state index in [4.69, 9.17) is 4.74 Å². The van der Waals surface area contributed by atoms with Crippen LogP contribution in [0.4, 0.5) is 4.79 Å². The fourth-order valence-corrected chi connectivity index (χ4v) is 3.75. The minimum absolute atomic E-state index is 0.0964. The molecule has 0 aliphatic carbocycles. The Labute approximate surface area is 126 Å². The third kappa shape index (κ3) is 2.52. The van der Waals surface area contributed by atoms with Gasteiger partial charge in [0.15, 0.2) is 5.78 Å². The van der Waals surface area contributed by atoms with E-state index in [2.05, 4.69) is 13.2 Å². The number of amides is 1. The van der Waals surface area contributed by atoms with E-state index in [0.29, 0.717) is 12.8 Å². The van der Waals surface area contributed by atoms with Crippen LogP contribution in [0.15, 0.2) is 25.3 Å². The first-order valence-electron chi connectivity index (χ1n) is 7.54. The van der Waals surface area contributed by atoms with Crippen molar-refractivity contribution in [2.75, 3.05) is 0 Å². The molecule has 2 aliphatic rings. The van der Waals surface area contributed by atoms with E-state index in [1.165, 1.54) is 0 Å². The summed E-state index contributed by atoms with van der Waals surface area (Å²) in [5.41, 5.74) is -1.11. The number of ketones is 1. The molecule has 0 aromatic heterocycles. The molecule has 2 bridgehead atoms. The van der Waals surface area contributed by atoms with E-state index in [9.17, 15) is 9.59 Å². The highest BCUT2D eigenvalue weighted by molar-refractivity contribution is 5.97. The molecule has 2 unspecified atom stereocenters. The molecule has 0 saturated carbocycles. The molecule has 1 amide bonds. The minimum atomic E-state index is -0.554. The molecule has 2 rings (SSSR count). The first kappa shape index (κ1) is 15.8. The molecule has 0 aromatic carbocycles. The smallest absolute Gasteiger partial charge is 0.411 e. The molecule has 2 fully saturated rings. The molecule has 116 valence electrons. The van der Waals surface area contributed by atoms with Gasteiger partial charge in [0.1, 0.15) is 5.60 Å². The van der Waals surface area contributed by atoms with E-state index in [1.54, 1.807) is 17.1 Å². The summed E-state index contributed by atoms with van der Waals surface area (Å²) in [6, 6.07) is -0.439. The van der Waals surface area contributed by atoms with Gasteiger partial charge in [-0.1, -0.05) is 12.2 Å². The van der Waals surface area contributed by atoms with Crippen LogP contribution in [0.5, 0.6) is 0 Å². The summed E-state index contributed by atoms with van der Waals surface area (Å²) in [4.78, 5) is 26.9. The van der Waals surface area contributed by atoms with Crippen LogP contribution in [0.3, 0.4) is 0 Å². The number of hydrogen-bond acceptors (Lipinski definition) is 3. The molecule has 0 N–H and O–H groups in total. The van der Waals surface area contributed by atoms with Gasteiger partial charge in [-0.2, -0.15) is 0 Å². The van der Waals surface area contributed by atoms with Crippen LogP contribution in [0.25, 0.3) is 0 Å². The van der Waals surface area contributed by atoms with Crippen molar-refractivity contribution in [2.24, 2.45) is 5.41 Å². The standard InChI is InChI=1S/C17H25NO3/c1-6-10-17(11-7-2)13-9-8-12(14(17)19)18(13)15(20)21-16(3,4)5/h6-7,12-13H,1-2,8-11H2,3-5H3. The Morgan fingerprint density at radius 3 is 2.38 bits per heavy atom. The minimum Gasteiger partial charge on any atom is -0.444 e. The van der Waals surface area contributed by atoms with Crippen LogP contribution in [0.2, 0.25) is 0 Å². The summed E-state index contributed by atoms with van der Waals surface area (Å²) in [6.07, 6.45) is 5.91.